The van der Waals surface area contributed by atoms with Crippen molar-refractivity contribution < 1.29 is 0 Å². The molecule has 1 spiro atoms. The summed E-state index contributed by atoms with van der Waals surface area (Å²) < 4.78 is 0. The average molecular weight is 247 g/mol. The molecule has 3 heteroatoms. The molecule has 0 aromatic heterocycles. The number of piperazine rings is 1. The van der Waals surface area contributed by atoms with Crippen molar-refractivity contribution in [2.75, 3.05) is 26.2 Å². The zero-order valence-electron chi connectivity index (χ0n) is 11.4. The van der Waals surface area contributed by atoms with E-state index >= 15 is 0 Å². The summed E-state index contributed by atoms with van der Waals surface area (Å²) in [6.07, 6.45) is 10.3. The smallest absolute Gasteiger partial charge is 0.0628 e. The molecule has 3 fully saturated rings. The molecule has 3 nitrogen and oxygen atoms in total. The number of nitrogens with zero attached hydrogens (tertiary/aromatic N) is 2. The van der Waals surface area contributed by atoms with E-state index in [4.69, 9.17) is 5.26 Å². The molecule has 0 unspecified atom stereocenters. The van der Waals surface area contributed by atoms with Crippen LogP contribution in [0, 0.1) is 16.7 Å². The molecule has 18 heavy (non-hydrogen) atoms. The second kappa shape index (κ2) is 4.83. The van der Waals surface area contributed by atoms with Crippen LogP contribution < -0.4 is 5.32 Å². The maximum absolute atomic E-state index is 8.99. The van der Waals surface area contributed by atoms with E-state index in [1.807, 2.05) is 0 Å². The highest BCUT2D eigenvalue weighted by atomic mass is 15.3. The van der Waals surface area contributed by atoms with E-state index in [9.17, 15) is 0 Å². The Hall–Kier alpha value is -0.590. The Balaban J connectivity index is 1.70. The Morgan fingerprint density at radius 2 is 1.89 bits per heavy atom. The number of hydrogen-bond donors (Lipinski definition) is 1. The van der Waals surface area contributed by atoms with Crippen molar-refractivity contribution in [3.63, 3.8) is 0 Å². The molecule has 1 N–H and O–H groups in total. The Morgan fingerprint density at radius 3 is 2.56 bits per heavy atom. The van der Waals surface area contributed by atoms with Crippen LogP contribution >= 0.6 is 0 Å². The van der Waals surface area contributed by atoms with Crippen molar-refractivity contribution in [3.05, 3.63) is 0 Å². The van der Waals surface area contributed by atoms with Crippen LogP contribution in [0.4, 0.5) is 0 Å². The summed E-state index contributed by atoms with van der Waals surface area (Å²) in [6, 6.07) is 2.41. The first kappa shape index (κ1) is 12.4. The van der Waals surface area contributed by atoms with Gasteiger partial charge >= 0.3 is 0 Å². The van der Waals surface area contributed by atoms with E-state index in [0.717, 1.165) is 13.0 Å². The minimum absolute atomic E-state index is 0.372. The van der Waals surface area contributed by atoms with Gasteiger partial charge in [-0.15, -0.1) is 0 Å². The van der Waals surface area contributed by atoms with Crippen LogP contribution in [0.1, 0.15) is 51.4 Å². The van der Waals surface area contributed by atoms with Gasteiger partial charge in [-0.2, -0.15) is 5.26 Å². The van der Waals surface area contributed by atoms with Crippen LogP contribution in [0.5, 0.6) is 0 Å². The van der Waals surface area contributed by atoms with Gasteiger partial charge in [0.15, 0.2) is 0 Å². The fraction of sp³-hybridized carbons (Fsp3) is 0.933. The van der Waals surface area contributed by atoms with Crippen molar-refractivity contribution in [1.82, 2.24) is 10.2 Å². The van der Waals surface area contributed by atoms with Crippen molar-refractivity contribution in [2.24, 2.45) is 5.41 Å². The van der Waals surface area contributed by atoms with Crippen LogP contribution in [-0.4, -0.2) is 36.6 Å². The molecule has 3 rings (SSSR count). The predicted octanol–water partition coefficient (Wildman–Crippen LogP) is 2.29. The van der Waals surface area contributed by atoms with Crippen LogP contribution in [0.3, 0.4) is 0 Å². The molecule has 1 aliphatic heterocycles. The van der Waals surface area contributed by atoms with E-state index in [1.165, 1.54) is 64.6 Å². The van der Waals surface area contributed by atoms with E-state index in [0.29, 0.717) is 11.0 Å². The van der Waals surface area contributed by atoms with E-state index in [2.05, 4.69) is 16.3 Å². The number of nitrogens with one attached hydrogen (secondary N) is 1. The van der Waals surface area contributed by atoms with Crippen molar-refractivity contribution in [2.45, 2.75) is 56.9 Å². The van der Waals surface area contributed by atoms with Crippen LogP contribution in [-0.2, 0) is 0 Å². The SMILES string of the molecule is N#CCC1(CN2CCNCC23CCCCC3)CC1. The fourth-order valence-electron chi connectivity index (χ4n) is 3.97. The molecule has 100 valence electrons. The summed E-state index contributed by atoms with van der Waals surface area (Å²) in [5, 5.41) is 12.6. The molecule has 0 amide bonds. The van der Waals surface area contributed by atoms with Crippen molar-refractivity contribution in [1.29, 1.82) is 5.26 Å². The Morgan fingerprint density at radius 1 is 1.11 bits per heavy atom. The fourth-order valence-corrected chi connectivity index (χ4v) is 3.97. The normalized spacial score (nSPS) is 29.9. The van der Waals surface area contributed by atoms with Gasteiger partial charge < -0.3 is 5.32 Å². The summed E-state index contributed by atoms with van der Waals surface area (Å²) in [4.78, 5) is 2.76. The predicted molar refractivity (Wildman–Crippen MR) is 72.2 cm³/mol. The van der Waals surface area contributed by atoms with Gasteiger partial charge in [0.25, 0.3) is 0 Å². The van der Waals surface area contributed by atoms with Crippen molar-refractivity contribution in [3.8, 4) is 6.07 Å². The summed E-state index contributed by atoms with van der Waals surface area (Å²) in [7, 11) is 0. The lowest BCUT2D eigenvalue weighted by Crippen LogP contribution is -2.62. The minimum Gasteiger partial charge on any atom is -0.314 e. The number of nitriles is 1. The number of hydrogen-bond acceptors (Lipinski definition) is 3. The highest BCUT2D eigenvalue weighted by Gasteiger charge is 2.48. The maximum Gasteiger partial charge on any atom is 0.0628 e. The molecule has 0 radical (unpaired) electrons. The highest BCUT2D eigenvalue weighted by molar-refractivity contribution is 5.06. The quantitative estimate of drug-likeness (QED) is 0.831. The zero-order valence-corrected chi connectivity index (χ0v) is 11.4. The maximum atomic E-state index is 8.99. The van der Waals surface area contributed by atoms with Crippen LogP contribution in [0.2, 0.25) is 0 Å². The molecular weight excluding hydrogens is 222 g/mol. The molecule has 0 atom stereocenters. The lowest BCUT2D eigenvalue weighted by atomic mass is 9.78. The van der Waals surface area contributed by atoms with Gasteiger partial charge in [-0.3, -0.25) is 4.90 Å². The van der Waals surface area contributed by atoms with Gasteiger partial charge in [-0.05, 0) is 31.1 Å². The molecule has 3 aliphatic rings. The molecule has 0 aromatic carbocycles. The first-order valence-corrected chi connectivity index (χ1v) is 7.62. The zero-order chi connectivity index (χ0) is 12.5. The van der Waals surface area contributed by atoms with Crippen molar-refractivity contribution >= 4 is 0 Å². The third-order valence-corrected chi connectivity index (χ3v) is 5.41. The Bertz CT molecular complexity index is 326. The van der Waals surface area contributed by atoms with Gasteiger partial charge in [0, 0.05) is 38.1 Å². The molecule has 2 aliphatic carbocycles. The van der Waals surface area contributed by atoms with E-state index < -0.39 is 0 Å². The van der Waals surface area contributed by atoms with Gasteiger partial charge in [-0.25, -0.2) is 0 Å². The van der Waals surface area contributed by atoms with Gasteiger partial charge in [-0.1, -0.05) is 19.3 Å². The van der Waals surface area contributed by atoms with E-state index in [-0.39, 0.29) is 0 Å². The van der Waals surface area contributed by atoms with Crippen LogP contribution in [0.15, 0.2) is 0 Å². The lowest BCUT2D eigenvalue weighted by molar-refractivity contribution is 0.0121. The molecule has 1 heterocycles. The molecule has 2 saturated carbocycles. The highest BCUT2D eigenvalue weighted by Crippen LogP contribution is 2.50. The Labute approximate surface area is 111 Å². The summed E-state index contributed by atoms with van der Waals surface area (Å²) in [5.41, 5.74) is 0.804. The summed E-state index contributed by atoms with van der Waals surface area (Å²) >= 11 is 0. The Kier molecular flexibility index (Phi) is 3.34. The number of rotatable bonds is 3. The van der Waals surface area contributed by atoms with Gasteiger partial charge in [0.1, 0.15) is 0 Å². The second-order valence-electron chi connectivity index (χ2n) is 6.72. The topological polar surface area (TPSA) is 39.1 Å². The van der Waals surface area contributed by atoms with Crippen LogP contribution in [0.25, 0.3) is 0 Å². The average Bonchev–Trinajstić information content (AvgIpc) is 3.14. The molecule has 0 bridgehead atoms. The third-order valence-electron chi connectivity index (χ3n) is 5.41. The van der Waals surface area contributed by atoms with E-state index in [1.54, 1.807) is 0 Å². The first-order valence-electron chi connectivity index (χ1n) is 7.62. The third kappa shape index (κ3) is 2.29. The van der Waals surface area contributed by atoms with Gasteiger partial charge in [0.2, 0.25) is 0 Å². The molecule has 0 aromatic rings. The molecule has 1 saturated heterocycles. The second-order valence-corrected chi connectivity index (χ2v) is 6.72. The minimum atomic E-state index is 0.372. The standard InChI is InChI=1S/C15H25N3/c16-9-8-14(6-7-14)13-18-11-10-17-12-15(18)4-2-1-3-5-15/h17H,1-8,10-13H2. The largest absolute Gasteiger partial charge is 0.314 e. The first-order chi connectivity index (χ1) is 8.79. The van der Waals surface area contributed by atoms with Gasteiger partial charge in [0.05, 0.1) is 6.07 Å². The summed E-state index contributed by atoms with van der Waals surface area (Å²) in [5.74, 6) is 0. The molecular formula is C15H25N3. The summed E-state index contributed by atoms with van der Waals surface area (Å²) in [6.45, 7) is 4.68. The monoisotopic (exact) mass is 247 g/mol. The lowest BCUT2D eigenvalue weighted by Gasteiger charge is -2.51.